The number of benzene rings is 8. The summed E-state index contributed by atoms with van der Waals surface area (Å²) in [5, 5.41) is 2.73. The fourth-order valence-electron chi connectivity index (χ4n) is 15.6. The van der Waals surface area contributed by atoms with Gasteiger partial charge in [0.2, 0.25) is 0 Å². The fraction of sp³-hybridized carbons (Fsp3) is 0.304. The van der Waals surface area contributed by atoms with Gasteiger partial charge < -0.3 is 9.38 Å². The van der Waals surface area contributed by atoms with Crippen molar-refractivity contribution in [1.82, 2.24) is 4.57 Å². The minimum Gasteiger partial charge on any atom is -0.376 e. The van der Waals surface area contributed by atoms with E-state index in [-0.39, 0.29) is 39.3 Å². The average Bonchev–Trinajstić information content (AvgIpc) is 3.97. The predicted molar refractivity (Wildman–Crippen MR) is 306 cm³/mol. The van der Waals surface area contributed by atoms with Crippen LogP contribution in [0.15, 0.2) is 133 Å². The SMILES string of the molecule is CC(C)(C)c1ccc(N2B3c4cc5c(cc4-n4c6ccc7c(c6c6ccc(c3c64)-c3cc4c(cc32)C(C)(C)c2cc3c(cc2-4)C(C)(C)CCC3(C)C)-c2ccccc2C7(C)C)-c2ccccc2C5(C)C)cc1. The van der Waals surface area contributed by atoms with E-state index < -0.39 is 0 Å². The summed E-state index contributed by atoms with van der Waals surface area (Å²) in [6, 6.07) is 53.9. The Morgan fingerprint density at radius 3 is 1.74 bits per heavy atom. The van der Waals surface area contributed by atoms with Gasteiger partial charge in [-0.05, 0) is 171 Å². The van der Waals surface area contributed by atoms with Gasteiger partial charge in [-0.2, -0.15) is 0 Å². The van der Waals surface area contributed by atoms with E-state index in [9.17, 15) is 0 Å². The van der Waals surface area contributed by atoms with Crippen LogP contribution in [0.25, 0.3) is 72.0 Å². The summed E-state index contributed by atoms with van der Waals surface area (Å²) >= 11 is 0. The third-order valence-electron chi connectivity index (χ3n) is 19.8. The first-order valence-electron chi connectivity index (χ1n) is 26.9. The molecule has 0 bridgehead atoms. The van der Waals surface area contributed by atoms with E-state index >= 15 is 0 Å². The summed E-state index contributed by atoms with van der Waals surface area (Å²) in [6.07, 6.45) is 2.41. The Morgan fingerprint density at radius 1 is 0.444 bits per heavy atom. The second-order valence-electron chi connectivity index (χ2n) is 26.8. The fourth-order valence-corrected chi connectivity index (χ4v) is 15.6. The Labute approximate surface area is 427 Å². The van der Waals surface area contributed by atoms with E-state index in [1.54, 1.807) is 5.56 Å². The summed E-state index contributed by atoms with van der Waals surface area (Å²) in [5.41, 5.74) is 33.1. The molecular weight excluding hydrogens is 868 g/mol. The number of hydrogen-bond acceptors (Lipinski definition) is 1. The minimum atomic E-state index is -0.184. The number of rotatable bonds is 1. The van der Waals surface area contributed by atoms with Crippen LogP contribution in [0.4, 0.5) is 11.4 Å². The van der Waals surface area contributed by atoms with Gasteiger partial charge in [-0.3, -0.25) is 0 Å². The smallest absolute Gasteiger partial charge is 0.333 e. The van der Waals surface area contributed by atoms with Crippen LogP contribution in [0.1, 0.15) is 153 Å². The van der Waals surface area contributed by atoms with Gasteiger partial charge in [0.05, 0.1) is 11.0 Å². The number of aromatic nitrogens is 1. The number of hydrogen-bond donors (Lipinski definition) is 0. The molecule has 9 aromatic rings. The topological polar surface area (TPSA) is 8.17 Å². The lowest BCUT2D eigenvalue weighted by atomic mass is 9.43. The molecule has 4 aliphatic carbocycles. The van der Waals surface area contributed by atoms with Gasteiger partial charge in [0.25, 0.3) is 0 Å². The molecule has 354 valence electrons. The molecule has 0 saturated carbocycles. The monoisotopic (exact) mass is 933 g/mol. The second-order valence-corrected chi connectivity index (χ2v) is 26.8. The highest BCUT2D eigenvalue weighted by Crippen LogP contribution is 2.60. The number of anilines is 2. The highest BCUT2D eigenvalue weighted by atomic mass is 15.1. The highest BCUT2D eigenvalue weighted by Gasteiger charge is 2.50. The van der Waals surface area contributed by atoms with E-state index in [0.717, 1.165) is 0 Å². The lowest BCUT2D eigenvalue weighted by Crippen LogP contribution is -2.60. The lowest BCUT2D eigenvalue weighted by molar-refractivity contribution is 0.331. The zero-order chi connectivity index (χ0) is 49.7. The van der Waals surface area contributed by atoms with E-state index in [1.165, 1.54) is 152 Å². The molecule has 15 rings (SSSR count). The zero-order valence-electron chi connectivity index (χ0n) is 44.6. The van der Waals surface area contributed by atoms with Crippen molar-refractivity contribution in [2.75, 3.05) is 4.81 Å². The maximum absolute atomic E-state index is 2.78. The quantitative estimate of drug-likeness (QED) is 0.149. The second kappa shape index (κ2) is 13.1. The molecule has 1 aromatic heterocycles. The van der Waals surface area contributed by atoms with Crippen molar-refractivity contribution < 1.29 is 0 Å². The van der Waals surface area contributed by atoms with Crippen molar-refractivity contribution in [3.8, 4) is 50.2 Å². The molecule has 0 N–H and O–H groups in total. The molecular formula is C69H65BN2. The molecule has 0 fully saturated rings. The van der Waals surface area contributed by atoms with Gasteiger partial charge in [0.1, 0.15) is 0 Å². The minimum absolute atomic E-state index is 0.0307. The molecule has 0 atom stereocenters. The molecule has 0 unspecified atom stereocenters. The van der Waals surface area contributed by atoms with Crippen molar-refractivity contribution in [2.45, 2.75) is 135 Å². The van der Waals surface area contributed by atoms with E-state index in [2.05, 4.69) is 233 Å². The van der Waals surface area contributed by atoms with Gasteiger partial charge >= 0.3 is 6.85 Å². The van der Waals surface area contributed by atoms with Gasteiger partial charge in [0.15, 0.2) is 0 Å². The first kappa shape index (κ1) is 43.0. The van der Waals surface area contributed by atoms with Crippen LogP contribution in [0.5, 0.6) is 0 Å². The Balaban J connectivity index is 1.09. The first-order valence-corrected chi connectivity index (χ1v) is 26.9. The molecule has 3 heteroatoms. The molecule has 0 amide bonds. The Hall–Kier alpha value is -6.58. The third kappa shape index (κ3) is 5.09. The molecule has 0 spiro atoms. The maximum atomic E-state index is 2.78. The maximum Gasteiger partial charge on any atom is 0.333 e. The largest absolute Gasteiger partial charge is 0.376 e. The van der Waals surface area contributed by atoms with Gasteiger partial charge in [-0.1, -0.05) is 181 Å². The molecule has 6 aliphatic rings. The molecule has 72 heavy (non-hydrogen) atoms. The first-order chi connectivity index (χ1) is 34.1. The standard InChI is InChI=1S/C69H65BN2/c1-64(2,3)38-22-24-39(25-23-38)72-58-37-53-44(45-33-54-55(35-51(45)69(53,12)13)66(6,7)31-30-65(54,4)5)32-47(58)41-26-27-43-61-57(29-28-50-60(61)42-19-15-17-21-49(42)67(50,8)9)71-59-34-46-40-18-14-16-20-48(40)68(10,11)52(46)36-56(59)70(72)62(41)63(43)71/h14-29,32-37H,30-31H2,1-13H3. The van der Waals surface area contributed by atoms with E-state index in [1.807, 2.05) is 0 Å². The van der Waals surface area contributed by atoms with Crippen molar-refractivity contribution in [2.24, 2.45) is 0 Å². The third-order valence-corrected chi connectivity index (χ3v) is 19.8. The molecule has 0 saturated heterocycles. The predicted octanol–water partition coefficient (Wildman–Crippen LogP) is 16.6. The van der Waals surface area contributed by atoms with Crippen LogP contribution in [-0.4, -0.2) is 11.4 Å². The summed E-state index contributed by atoms with van der Waals surface area (Å²) in [6.45, 7) is 31.6. The molecule has 0 radical (unpaired) electrons. The molecule has 8 aromatic carbocycles. The van der Waals surface area contributed by atoms with Crippen molar-refractivity contribution in [3.05, 3.63) is 184 Å². The Morgan fingerprint density at radius 2 is 1.03 bits per heavy atom. The summed E-state index contributed by atoms with van der Waals surface area (Å²) in [5.74, 6) is 0. The molecule has 3 heterocycles. The van der Waals surface area contributed by atoms with Crippen LogP contribution in [0.2, 0.25) is 0 Å². The zero-order valence-corrected chi connectivity index (χ0v) is 44.6. The molecule has 2 aliphatic heterocycles. The van der Waals surface area contributed by atoms with E-state index in [4.69, 9.17) is 0 Å². The van der Waals surface area contributed by atoms with Crippen molar-refractivity contribution in [1.29, 1.82) is 0 Å². The van der Waals surface area contributed by atoms with Crippen LogP contribution in [-0.2, 0) is 32.5 Å². The number of fused-ring (bicyclic) bond motifs is 19. The van der Waals surface area contributed by atoms with Gasteiger partial charge in [-0.25, -0.2) is 0 Å². The van der Waals surface area contributed by atoms with Crippen molar-refractivity contribution in [3.63, 3.8) is 0 Å². The van der Waals surface area contributed by atoms with Crippen LogP contribution >= 0.6 is 0 Å². The molecule has 2 nitrogen and oxygen atoms in total. The average molecular weight is 933 g/mol. The van der Waals surface area contributed by atoms with Crippen LogP contribution in [0, 0.1) is 0 Å². The lowest BCUT2D eigenvalue weighted by Gasteiger charge is -2.43. The number of nitrogens with zero attached hydrogens (tertiary/aromatic N) is 2. The van der Waals surface area contributed by atoms with Gasteiger partial charge in [0, 0.05) is 49.6 Å². The summed E-state index contributed by atoms with van der Waals surface area (Å²) in [4.78, 5) is 2.78. The normalized spacial score (nSPS) is 18.7. The highest BCUT2D eigenvalue weighted by molar-refractivity contribution is 6.93. The van der Waals surface area contributed by atoms with Crippen LogP contribution in [0.3, 0.4) is 0 Å². The van der Waals surface area contributed by atoms with Crippen molar-refractivity contribution >= 4 is 51.0 Å². The van der Waals surface area contributed by atoms with Crippen LogP contribution < -0.4 is 15.7 Å². The summed E-state index contributed by atoms with van der Waals surface area (Å²) < 4.78 is 2.71. The Bertz CT molecular complexity index is 3990. The van der Waals surface area contributed by atoms with Gasteiger partial charge in [-0.15, -0.1) is 0 Å². The summed E-state index contributed by atoms with van der Waals surface area (Å²) in [7, 11) is 0. The van der Waals surface area contributed by atoms with E-state index in [0.29, 0.717) is 0 Å². The Kier molecular flexibility index (Phi) is 7.86.